The van der Waals surface area contributed by atoms with E-state index in [1.165, 1.54) is 11.6 Å². The molecule has 0 amide bonds. The summed E-state index contributed by atoms with van der Waals surface area (Å²) >= 11 is 0. The zero-order chi connectivity index (χ0) is 25.3. The smallest absolute Gasteiger partial charge is 0.175 e. The van der Waals surface area contributed by atoms with E-state index in [4.69, 9.17) is 9.47 Å². The van der Waals surface area contributed by atoms with Gasteiger partial charge in [-0.15, -0.1) is 0 Å². The maximum Gasteiger partial charge on any atom is 0.175 e. The van der Waals surface area contributed by atoms with Gasteiger partial charge in [0.15, 0.2) is 17.2 Å². The first kappa shape index (κ1) is 24.1. The highest BCUT2D eigenvalue weighted by Gasteiger charge is 2.79. The van der Waals surface area contributed by atoms with Crippen LogP contribution < -0.4 is 4.74 Å². The van der Waals surface area contributed by atoms with Gasteiger partial charge in [0, 0.05) is 5.41 Å². The van der Waals surface area contributed by atoms with Crippen LogP contribution in [0.1, 0.15) is 70.8 Å². The third kappa shape index (κ3) is 3.42. The molecule has 8 atom stereocenters. The van der Waals surface area contributed by atoms with Crippen LogP contribution in [0.25, 0.3) is 6.08 Å². The maximum absolute atomic E-state index is 13.6. The number of carbonyl (C=O) groups is 2. The van der Waals surface area contributed by atoms with Crippen molar-refractivity contribution in [1.82, 2.24) is 0 Å². The number of rotatable bonds is 6. The van der Waals surface area contributed by atoms with Crippen molar-refractivity contribution < 1.29 is 24.2 Å². The van der Waals surface area contributed by atoms with Gasteiger partial charge in [-0.25, -0.2) is 0 Å². The van der Waals surface area contributed by atoms with E-state index in [0.29, 0.717) is 17.8 Å². The first-order valence-electron chi connectivity index (χ1n) is 13.6. The lowest BCUT2D eigenvalue weighted by molar-refractivity contribution is -0.139. The van der Waals surface area contributed by atoms with Gasteiger partial charge >= 0.3 is 0 Å². The molecular weight excluding hydrogens is 452 g/mol. The summed E-state index contributed by atoms with van der Waals surface area (Å²) in [6.45, 7) is 4.69. The van der Waals surface area contributed by atoms with Crippen molar-refractivity contribution in [2.75, 3.05) is 7.11 Å². The minimum atomic E-state index is -0.778. The summed E-state index contributed by atoms with van der Waals surface area (Å²) in [4.78, 5) is 26.4. The van der Waals surface area contributed by atoms with Crippen molar-refractivity contribution in [1.29, 1.82) is 0 Å². The lowest BCUT2D eigenvalue weighted by Gasteiger charge is -2.58. The van der Waals surface area contributed by atoms with Gasteiger partial charge in [0.05, 0.1) is 25.7 Å². The average Bonchev–Trinajstić information content (AvgIpc) is 3.55. The van der Waals surface area contributed by atoms with Crippen LogP contribution in [0, 0.1) is 28.6 Å². The SMILES string of the molecule is COc1ccc(/C=C/C(=O)CC(=O)[C@@]23O[C@@H]2C[C@H]2[C@@H]4CC=C5C[C@@H](O)CC[C@]5(C)[C@H]4CC[C@@]23C)cc1. The predicted octanol–water partition coefficient (Wildman–Crippen LogP) is 5.31. The molecule has 1 aliphatic heterocycles. The van der Waals surface area contributed by atoms with Crippen LogP contribution in [-0.2, 0) is 14.3 Å². The predicted molar refractivity (Wildman–Crippen MR) is 137 cm³/mol. The second kappa shape index (κ2) is 8.39. The van der Waals surface area contributed by atoms with Gasteiger partial charge in [-0.2, -0.15) is 0 Å². The summed E-state index contributed by atoms with van der Waals surface area (Å²) in [6, 6.07) is 7.49. The second-order valence-corrected chi connectivity index (χ2v) is 12.4. The summed E-state index contributed by atoms with van der Waals surface area (Å²) in [5, 5.41) is 10.2. The fourth-order valence-corrected chi connectivity index (χ4v) is 8.81. The second-order valence-electron chi connectivity index (χ2n) is 12.4. The Morgan fingerprint density at radius 3 is 2.67 bits per heavy atom. The molecule has 6 rings (SSSR count). The number of methoxy groups -OCH3 is 1. The molecule has 0 radical (unpaired) electrons. The number of aliphatic hydroxyl groups excluding tert-OH is 1. The zero-order valence-corrected chi connectivity index (χ0v) is 21.7. The van der Waals surface area contributed by atoms with E-state index in [9.17, 15) is 14.7 Å². The Labute approximate surface area is 213 Å². The highest BCUT2D eigenvalue weighted by molar-refractivity contribution is 6.10. The van der Waals surface area contributed by atoms with Crippen LogP contribution in [0.4, 0.5) is 0 Å². The molecule has 1 N–H and O–H groups in total. The maximum atomic E-state index is 13.6. The monoisotopic (exact) mass is 490 g/mol. The highest BCUT2D eigenvalue weighted by Crippen LogP contribution is 2.73. The molecule has 3 saturated carbocycles. The summed E-state index contributed by atoms with van der Waals surface area (Å²) in [6.07, 6.45) is 12.2. The minimum absolute atomic E-state index is 0.0284. The first-order chi connectivity index (χ1) is 17.2. The van der Waals surface area contributed by atoms with E-state index in [1.807, 2.05) is 24.3 Å². The lowest BCUT2D eigenvalue weighted by atomic mass is 9.47. The van der Waals surface area contributed by atoms with E-state index >= 15 is 0 Å². The van der Waals surface area contributed by atoms with E-state index in [-0.39, 0.29) is 41.0 Å². The van der Waals surface area contributed by atoms with Crippen molar-refractivity contribution in [2.45, 2.75) is 83.0 Å². The Morgan fingerprint density at radius 1 is 1.14 bits per heavy atom. The number of fused-ring (bicyclic) bond motifs is 7. The van der Waals surface area contributed by atoms with Crippen LogP contribution in [0.2, 0.25) is 0 Å². The molecule has 0 spiro atoms. The van der Waals surface area contributed by atoms with Crippen LogP contribution in [0.5, 0.6) is 5.75 Å². The molecule has 1 heterocycles. The minimum Gasteiger partial charge on any atom is -0.497 e. The van der Waals surface area contributed by atoms with Crippen molar-refractivity contribution >= 4 is 17.6 Å². The van der Waals surface area contributed by atoms with E-state index < -0.39 is 5.60 Å². The van der Waals surface area contributed by atoms with E-state index in [1.54, 1.807) is 13.2 Å². The number of aliphatic hydroxyl groups is 1. The standard InChI is InChI=1S/C31H38O5/c1-29-14-12-22(33)16-20(29)7-11-24-25(29)13-15-30(2)26(24)18-28-31(30,36-28)27(34)17-21(32)8-4-19-5-9-23(35-3)10-6-19/h4-10,22,24-26,28,33H,11-18H2,1-3H3/b8-4+/t22-,24+,25-,26-,28+,29-,30-,31+/m0/s1. The average molecular weight is 491 g/mol. The van der Waals surface area contributed by atoms with Gasteiger partial charge in [-0.1, -0.05) is 43.7 Å². The lowest BCUT2D eigenvalue weighted by Crippen LogP contribution is -2.54. The fraction of sp³-hybridized carbons (Fsp3) is 0.613. The number of epoxide rings is 1. The molecule has 1 saturated heterocycles. The Morgan fingerprint density at radius 2 is 1.92 bits per heavy atom. The number of ether oxygens (including phenoxy) is 2. The molecule has 5 nitrogen and oxygen atoms in total. The molecule has 5 aliphatic rings. The third-order valence-electron chi connectivity index (χ3n) is 10.8. The number of hydrogen-bond acceptors (Lipinski definition) is 5. The Balaban J connectivity index is 1.17. The van der Waals surface area contributed by atoms with Gasteiger partial charge in [0.1, 0.15) is 5.75 Å². The summed E-state index contributed by atoms with van der Waals surface area (Å²) in [5.41, 5.74) is 1.56. The van der Waals surface area contributed by atoms with E-state index in [0.717, 1.165) is 56.3 Å². The van der Waals surface area contributed by atoms with Crippen molar-refractivity contribution in [3.63, 3.8) is 0 Å². The van der Waals surface area contributed by atoms with E-state index in [2.05, 4.69) is 19.9 Å². The van der Waals surface area contributed by atoms with Crippen LogP contribution in [0.15, 0.2) is 42.0 Å². The number of carbonyl (C=O) groups excluding carboxylic acids is 2. The molecule has 0 unspecified atom stereocenters. The normalized spacial score (nSPS) is 42.6. The summed E-state index contributed by atoms with van der Waals surface area (Å²) < 4.78 is 11.4. The Kier molecular flexibility index (Phi) is 5.62. The van der Waals surface area contributed by atoms with Gasteiger partial charge in [0.25, 0.3) is 0 Å². The molecule has 0 bridgehead atoms. The molecule has 192 valence electrons. The number of Topliss-reactive ketones (excluding diaryl/α,β-unsaturated/α-hetero) is 1. The van der Waals surface area contributed by atoms with Crippen molar-refractivity contribution in [3.8, 4) is 5.75 Å². The molecule has 5 heteroatoms. The number of benzene rings is 1. The zero-order valence-electron chi connectivity index (χ0n) is 21.7. The third-order valence-corrected chi connectivity index (χ3v) is 10.8. The largest absolute Gasteiger partial charge is 0.497 e. The molecule has 1 aromatic carbocycles. The summed E-state index contributed by atoms with van der Waals surface area (Å²) in [7, 11) is 1.62. The topological polar surface area (TPSA) is 76.1 Å². The van der Waals surface area contributed by atoms with Crippen LogP contribution in [0.3, 0.4) is 0 Å². The number of allylic oxidation sites excluding steroid dienone is 2. The van der Waals surface area contributed by atoms with Gasteiger partial charge < -0.3 is 14.6 Å². The van der Waals surface area contributed by atoms with Crippen molar-refractivity contribution in [2.24, 2.45) is 28.6 Å². The molecular formula is C31H38O5. The van der Waals surface area contributed by atoms with Gasteiger partial charge in [-0.05, 0) is 91.9 Å². The highest BCUT2D eigenvalue weighted by atomic mass is 16.6. The molecule has 4 fully saturated rings. The molecule has 1 aromatic rings. The number of ketones is 2. The Hall–Kier alpha value is -2.24. The van der Waals surface area contributed by atoms with Gasteiger partial charge in [0.2, 0.25) is 0 Å². The number of hydrogen-bond donors (Lipinski definition) is 1. The molecule has 0 aromatic heterocycles. The van der Waals surface area contributed by atoms with Gasteiger partial charge in [-0.3, -0.25) is 9.59 Å². The molecule has 4 aliphatic carbocycles. The summed E-state index contributed by atoms with van der Waals surface area (Å²) in [5.74, 6) is 2.19. The van der Waals surface area contributed by atoms with Crippen molar-refractivity contribution in [3.05, 3.63) is 47.6 Å². The van der Waals surface area contributed by atoms with Crippen LogP contribution in [-0.4, -0.2) is 41.6 Å². The quantitative estimate of drug-likeness (QED) is 0.253. The fourth-order valence-electron chi connectivity index (χ4n) is 8.81. The van der Waals surface area contributed by atoms with Crippen LogP contribution >= 0.6 is 0 Å². The molecule has 36 heavy (non-hydrogen) atoms. The first-order valence-corrected chi connectivity index (χ1v) is 13.6. The Bertz CT molecular complexity index is 1130.